The number of nitrogens with zero attached hydrogens (tertiary/aromatic N) is 2. The smallest absolute Gasteiger partial charge is 0.359 e. The fourth-order valence-electron chi connectivity index (χ4n) is 1.74. The largest absolute Gasteiger partial charge is 0.456 e. The molecule has 0 aliphatic heterocycles. The zero-order valence-corrected chi connectivity index (χ0v) is 12.3. The Balaban J connectivity index is 2.12. The molecule has 0 saturated carbocycles. The van der Waals surface area contributed by atoms with Gasteiger partial charge in [0.15, 0.2) is 5.69 Å². The van der Waals surface area contributed by atoms with Gasteiger partial charge in [-0.15, -0.1) is 0 Å². The number of nitrogens with two attached hydrogens (primary N) is 1. The molecule has 0 saturated heterocycles. The van der Waals surface area contributed by atoms with Crippen LogP contribution in [0.2, 0.25) is 0 Å². The molecule has 5 nitrogen and oxygen atoms in total. The molecule has 1 aromatic heterocycles. The van der Waals surface area contributed by atoms with Crippen molar-refractivity contribution in [2.24, 2.45) is 7.05 Å². The van der Waals surface area contributed by atoms with Gasteiger partial charge in [-0.1, -0.05) is 34.1 Å². The Morgan fingerprint density at radius 1 is 1.47 bits per heavy atom. The van der Waals surface area contributed by atoms with Crippen molar-refractivity contribution in [3.8, 4) is 0 Å². The molecule has 0 spiro atoms. The van der Waals surface area contributed by atoms with Gasteiger partial charge in [0.1, 0.15) is 6.61 Å². The Kier molecular flexibility index (Phi) is 3.90. The van der Waals surface area contributed by atoms with E-state index in [-0.39, 0.29) is 12.3 Å². The van der Waals surface area contributed by atoms with Crippen molar-refractivity contribution in [2.75, 3.05) is 5.73 Å². The number of aromatic nitrogens is 2. The van der Waals surface area contributed by atoms with Crippen LogP contribution in [0, 0.1) is 6.92 Å². The normalized spacial score (nSPS) is 10.5. The zero-order chi connectivity index (χ0) is 14.0. The summed E-state index contributed by atoms with van der Waals surface area (Å²) in [4.78, 5) is 12.0. The van der Waals surface area contributed by atoms with Crippen LogP contribution in [0.4, 0.5) is 5.69 Å². The Hall–Kier alpha value is -1.82. The molecule has 0 fully saturated rings. The van der Waals surface area contributed by atoms with Crippen molar-refractivity contribution in [3.63, 3.8) is 0 Å². The molecule has 2 aromatic rings. The SMILES string of the molecule is Cc1nn(C)c(C(=O)OCc2ccccc2Br)c1N. The molecule has 0 unspecified atom stereocenters. The van der Waals surface area contributed by atoms with E-state index in [4.69, 9.17) is 10.5 Å². The number of halogens is 1. The minimum absolute atomic E-state index is 0.184. The maximum absolute atomic E-state index is 12.0. The monoisotopic (exact) mass is 323 g/mol. The number of hydrogen-bond acceptors (Lipinski definition) is 4. The maximum Gasteiger partial charge on any atom is 0.359 e. The standard InChI is InChI=1S/C13H14BrN3O2/c1-8-11(15)12(17(2)16-8)13(18)19-7-9-5-3-4-6-10(9)14/h3-6H,7,15H2,1-2H3. The van der Waals surface area contributed by atoms with Crippen molar-refractivity contribution in [3.05, 3.63) is 45.7 Å². The van der Waals surface area contributed by atoms with Crippen molar-refractivity contribution >= 4 is 27.6 Å². The Bertz CT molecular complexity index is 622. The molecule has 6 heteroatoms. The summed E-state index contributed by atoms with van der Waals surface area (Å²) < 4.78 is 7.60. The lowest BCUT2D eigenvalue weighted by molar-refractivity contribution is 0.0460. The Labute approximate surface area is 119 Å². The quantitative estimate of drug-likeness (QED) is 0.881. The predicted octanol–water partition coefficient (Wildman–Crippen LogP) is 2.43. The lowest BCUT2D eigenvalue weighted by Crippen LogP contribution is -2.12. The summed E-state index contributed by atoms with van der Waals surface area (Å²) in [5.41, 5.74) is 7.97. The average molecular weight is 324 g/mol. The van der Waals surface area contributed by atoms with Gasteiger partial charge in [-0.2, -0.15) is 5.10 Å². The predicted molar refractivity (Wildman–Crippen MR) is 75.6 cm³/mol. The van der Waals surface area contributed by atoms with Gasteiger partial charge in [-0.25, -0.2) is 4.79 Å². The number of hydrogen-bond donors (Lipinski definition) is 1. The molecule has 1 aromatic carbocycles. The summed E-state index contributed by atoms with van der Waals surface area (Å²) in [5, 5.41) is 4.09. The minimum Gasteiger partial charge on any atom is -0.456 e. The molecule has 0 atom stereocenters. The van der Waals surface area contributed by atoms with Crippen LogP contribution in [0.3, 0.4) is 0 Å². The second kappa shape index (κ2) is 5.44. The summed E-state index contributed by atoms with van der Waals surface area (Å²) >= 11 is 3.40. The molecule has 19 heavy (non-hydrogen) atoms. The highest BCUT2D eigenvalue weighted by atomic mass is 79.9. The highest BCUT2D eigenvalue weighted by molar-refractivity contribution is 9.10. The van der Waals surface area contributed by atoms with Crippen LogP contribution in [-0.4, -0.2) is 15.7 Å². The Morgan fingerprint density at radius 3 is 2.74 bits per heavy atom. The molecular formula is C13H14BrN3O2. The summed E-state index contributed by atoms with van der Waals surface area (Å²) in [6.07, 6.45) is 0. The summed E-state index contributed by atoms with van der Waals surface area (Å²) in [7, 11) is 1.67. The molecule has 0 radical (unpaired) electrons. The first kappa shape index (κ1) is 13.6. The third-order valence-electron chi connectivity index (χ3n) is 2.78. The van der Waals surface area contributed by atoms with E-state index in [1.807, 2.05) is 24.3 Å². The lowest BCUT2D eigenvalue weighted by atomic mass is 10.2. The number of aryl methyl sites for hydroxylation is 2. The van der Waals surface area contributed by atoms with Gasteiger partial charge in [-0.3, -0.25) is 4.68 Å². The maximum atomic E-state index is 12.0. The van der Waals surface area contributed by atoms with Crippen LogP contribution in [0.1, 0.15) is 21.7 Å². The van der Waals surface area contributed by atoms with E-state index in [2.05, 4.69) is 21.0 Å². The molecule has 0 aliphatic rings. The molecule has 2 N–H and O–H groups in total. The number of ether oxygens (including phenoxy) is 1. The summed E-state index contributed by atoms with van der Waals surface area (Å²) in [6.45, 7) is 1.93. The zero-order valence-electron chi connectivity index (χ0n) is 10.7. The van der Waals surface area contributed by atoms with Gasteiger partial charge in [0.2, 0.25) is 0 Å². The molecule has 1 heterocycles. The van der Waals surface area contributed by atoms with E-state index < -0.39 is 5.97 Å². The first-order valence-electron chi connectivity index (χ1n) is 5.70. The molecule has 2 rings (SSSR count). The van der Waals surface area contributed by atoms with E-state index in [1.54, 1.807) is 14.0 Å². The number of rotatable bonds is 3. The molecular weight excluding hydrogens is 310 g/mol. The number of carbonyl (C=O) groups excluding carboxylic acids is 1. The molecule has 0 aliphatic carbocycles. The first-order chi connectivity index (χ1) is 9.00. The van der Waals surface area contributed by atoms with Crippen LogP contribution >= 0.6 is 15.9 Å². The van der Waals surface area contributed by atoms with E-state index in [1.165, 1.54) is 4.68 Å². The number of carbonyl (C=O) groups is 1. The highest BCUT2D eigenvalue weighted by Gasteiger charge is 2.19. The van der Waals surface area contributed by atoms with Crippen LogP contribution in [0.5, 0.6) is 0 Å². The fourth-order valence-corrected chi connectivity index (χ4v) is 2.14. The van der Waals surface area contributed by atoms with Crippen LogP contribution in [0.15, 0.2) is 28.7 Å². The lowest BCUT2D eigenvalue weighted by Gasteiger charge is -2.07. The van der Waals surface area contributed by atoms with Crippen molar-refractivity contribution in [1.29, 1.82) is 0 Å². The average Bonchev–Trinajstić information content (AvgIpc) is 2.62. The molecule has 100 valence electrons. The third kappa shape index (κ3) is 2.78. The van der Waals surface area contributed by atoms with E-state index in [0.29, 0.717) is 11.4 Å². The topological polar surface area (TPSA) is 70.1 Å². The van der Waals surface area contributed by atoms with Gasteiger partial charge < -0.3 is 10.5 Å². The van der Waals surface area contributed by atoms with Crippen LogP contribution < -0.4 is 5.73 Å². The second-order valence-corrected chi connectivity index (χ2v) is 4.99. The third-order valence-corrected chi connectivity index (χ3v) is 3.55. The van der Waals surface area contributed by atoms with Gasteiger partial charge in [0.25, 0.3) is 0 Å². The minimum atomic E-state index is -0.476. The molecule has 0 bridgehead atoms. The van der Waals surface area contributed by atoms with Crippen LogP contribution in [0.25, 0.3) is 0 Å². The highest BCUT2D eigenvalue weighted by Crippen LogP contribution is 2.19. The van der Waals surface area contributed by atoms with Gasteiger partial charge >= 0.3 is 5.97 Å². The fraction of sp³-hybridized carbons (Fsp3) is 0.231. The summed E-state index contributed by atoms with van der Waals surface area (Å²) in [6, 6.07) is 7.56. The van der Waals surface area contributed by atoms with E-state index in [0.717, 1.165) is 10.0 Å². The Morgan fingerprint density at radius 2 is 2.16 bits per heavy atom. The second-order valence-electron chi connectivity index (χ2n) is 4.14. The van der Waals surface area contributed by atoms with Gasteiger partial charge in [0, 0.05) is 17.1 Å². The summed E-state index contributed by atoms with van der Waals surface area (Å²) in [5.74, 6) is -0.476. The number of anilines is 1. The first-order valence-corrected chi connectivity index (χ1v) is 6.49. The van der Waals surface area contributed by atoms with Gasteiger partial charge in [0.05, 0.1) is 11.4 Å². The van der Waals surface area contributed by atoms with Crippen molar-refractivity contribution < 1.29 is 9.53 Å². The van der Waals surface area contributed by atoms with Crippen LogP contribution in [-0.2, 0) is 18.4 Å². The molecule has 0 amide bonds. The number of nitrogen functional groups attached to an aromatic ring is 1. The van der Waals surface area contributed by atoms with E-state index in [9.17, 15) is 4.79 Å². The number of esters is 1. The number of benzene rings is 1. The van der Waals surface area contributed by atoms with E-state index >= 15 is 0 Å². The van der Waals surface area contributed by atoms with Crippen molar-refractivity contribution in [1.82, 2.24) is 9.78 Å². The van der Waals surface area contributed by atoms with Gasteiger partial charge in [-0.05, 0) is 13.0 Å². The van der Waals surface area contributed by atoms with Crippen molar-refractivity contribution in [2.45, 2.75) is 13.5 Å².